The van der Waals surface area contributed by atoms with Gasteiger partial charge >= 0.3 is 5.97 Å². The van der Waals surface area contributed by atoms with Crippen LogP contribution >= 0.6 is 23.1 Å². The summed E-state index contributed by atoms with van der Waals surface area (Å²) in [5.41, 5.74) is 1.20. The van der Waals surface area contributed by atoms with E-state index in [1.165, 1.54) is 11.8 Å². The molecule has 0 saturated carbocycles. The van der Waals surface area contributed by atoms with E-state index in [1.54, 1.807) is 29.7 Å². The van der Waals surface area contributed by atoms with E-state index in [9.17, 15) is 4.79 Å². The fourth-order valence-corrected chi connectivity index (χ4v) is 2.88. The minimum absolute atomic E-state index is 0.240. The van der Waals surface area contributed by atoms with Gasteiger partial charge in [-0.05, 0) is 19.1 Å². The van der Waals surface area contributed by atoms with Crippen LogP contribution in [0.3, 0.4) is 0 Å². The van der Waals surface area contributed by atoms with E-state index in [4.69, 9.17) is 5.11 Å². The van der Waals surface area contributed by atoms with E-state index < -0.39 is 5.97 Å². The Morgan fingerprint density at radius 1 is 1.59 bits per heavy atom. The number of hydrogen-bond acceptors (Lipinski definition) is 5. The van der Waals surface area contributed by atoms with Gasteiger partial charge in [0.05, 0.1) is 16.3 Å². The van der Waals surface area contributed by atoms with Gasteiger partial charge in [0, 0.05) is 17.3 Å². The number of hydrogen-bond donors (Lipinski definition) is 1. The van der Waals surface area contributed by atoms with Crippen molar-refractivity contribution in [1.82, 2.24) is 9.97 Å². The molecule has 0 amide bonds. The lowest BCUT2D eigenvalue weighted by Crippen LogP contribution is -2.00. The molecule has 1 N–H and O–H groups in total. The predicted octanol–water partition coefficient (Wildman–Crippen LogP) is 2.84. The van der Waals surface area contributed by atoms with Gasteiger partial charge in [0.2, 0.25) is 0 Å². The van der Waals surface area contributed by atoms with Crippen LogP contribution in [0.25, 0.3) is 0 Å². The van der Waals surface area contributed by atoms with Gasteiger partial charge in [-0.15, -0.1) is 11.3 Å². The minimum atomic E-state index is -0.949. The second-order valence-electron chi connectivity index (χ2n) is 3.31. The standard InChI is InChI=1S/C11H10N2O2S2/c1-7-13-8(5-16-7)6-17-10-9(11(14)15)3-2-4-12-10/h2-5H,6H2,1H3,(H,14,15). The molecule has 4 nitrogen and oxygen atoms in total. The first-order valence-corrected chi connectivity index (χ1v) is 6.75. The van der Waals surface area contributed by atoms with Gasteiger partial charge in [0.1, 0.15) is 5.03 Å². The Morgan fingerprint density at radius 2 is 2.41 bits per heavy atom. The van der Waals surface area contributed by atoms with Crippen LogP contribution in [0.5, 0.6) is 0 Å². The van der Waals surface area contributed by atoms with Crippen LogP contribution in [0.2, 0.25) is 0 Å². The summed E-state index contributed by atoms with van der Waals surface area (Å²) < 4.78 is 0. The highest BCUT2D eigenvalue weighted by Gasteiger charge is 2.11. The maximum absolute atomic E-state index is 11.0. The van der Waals surface area contributed by atoms with Crippen LogP contribution in [0.1, 0.15) is 21.1 Å². The Bertz CT molecular complexity index is 540. The monoisotopic (exact) mass is 266 g/mol. The van der Waals surface area contributed by atoms with E-state index >= 15 is 0 Å². The molecule has 2 rings (SSSR count). The summed E-state index contributed by atoms with van der Waals surface area (Å²) in [6.45, 7) is 1.95. The van der Waals surface area contributed by atoms with Crippen molar-refractivity contribution in [2.75, 3.05) is 0 Å². The van der Waals surface area contributed by atoms with Crippen molar-refractivity contribution < 1.29 is 9.90 Å². The molecule has 0 fully saturated rings. The molecule has 0 aliphatic heterocycles. The van der Waals surface area contributed by atoms with Gasteiger partial charge in [0.25, 0.3) is 0 Å². The number of carbonyl (C=O) groups is 1. The van der Waals surface area contributed by atoms with Gasteiger partial charge in [-0.3, -0.25) is 0 Å². The van der Waals surface area contributed by atoms with Gasteiger partial charge in [-0.25, -0.2) is 14.8 Å². The number of pyridine rings is 1. The average molecular weight is 266 g/mol. The molecule has 0 aromatic carbocycles. The molecular weight excluding hydrogens is 256 g/mol. The normalized spacial score (nSPS) is 10.4. The fourth-order valence-electron chi connectivity index (χ4n) is 1.29. The van der Waals surface area contributed by atoms with Crippen molar-refractivity contribution in [2.24, 2.45) is 0 Å². The molecule has 0 unspecified atom stereocenters. The Hall–Kier alpha value is -1.40. The number of aromatic nitrogens is 2. The third kappa shape index (κ3) is 3.04. The van der Waals surface area contributed by atoms with Crippen LogP contribution in [0.4, 0.5) is 0 Å². The molecule has 0 spiro atoms. The van der Waals surface area contributed by atoms with Crippen LogP contribution in [0.15, 0.2) is 28.7 Å². The molecule has 0 atom stereocenters. The third-order valence-corrected chi connectivity index (χ3v) is 3.89. The molecule has 0 aliphatic rings. The first-order valence-electron chi connectivity index (χ1n) is 4.89. The summed E-state index contributed by atoms with van der Waals surface area (Å²) in [5.74, 6) is -0.309. The van der Waals surface area contributed by atoms with Crippen LogP contribution in [0, 0.1) is 6.92 Å². The molecule has 2 heterocycles. The van der Waals surface area contributed by atoms with Crippen molar-refractivity contribution in [1.29, 1.82) is 0 Å². The van der Waals surface area contributed by atoms with Crippen molar-refractivity contribution in [3.8, 4) is 0 Å². The Balaban J connectivity index is 2.11. The molecular formula is C11H10N2O2S2. The number of carboxylic acids is 1. The molecule has 0 aliphatic carbocycles. The van der Waals surface area contributed by atoms with Crippen molar-refractivity contribution >= 4 is 29.1 Å². The highest BCUT2D eigenvalue weighted by atomic mass is 32.2. The third-order valence-electron chi connectivity index (χ3n) is 2.02. The molecule has 0 bridgehead atoms. The van der Waals surface area contributed by atoms with Crippen molar-refractivity contribution in [2.45, 2.75) is 17.7 Å². The Morgan fingerprint density at radius 3 is 3.06 bits per heavy atom. The maximum atomic E-state index is 11.0. The Labute approximate surface area is 107 Å². The summed E-state index contributed by atoms with van der Waals surface area (Å²) in [4.78, 5) is 19.4. The number of aryl methyl sites for hydroxylation is 1. The molecule has 0 saturated heterocycles. The zero-order valence-corrected chi connectivity index (χ0v) is 10.7. The van der Waals surface area contributed by atoms with E-state index in [2.05, 4.69) is 9.97 Å². The van der Waals surface area contributed by atoms with Gasteiger partial charge < -0.3 is 5.11 Å². The fraction of sp³-hybridized carbons (Fsp3) is 0.182. The SMILES string of the molecule is Cc1nc(CSc2ncccc2C(=O)O)cs1. The van der Waals surface area contributed by atoms with Crippen LogP contribution < -0.4 is 0 Å². The molecule has 17 heavy (non-hydrogen) atoms. The summed E-state index contributed by atoms with van der Waals surface area (Å²) in [5, 5.41) is 12.5. The van der Waals surface area contributed by atoms with Gasteiger partial charge in [-0.1, -0.05) is 11.8 Å². The number of carboxylic acid groups (broad SMARTS) is 1. The Kier molecular flexibility index (Phi) is 3.75. The first kappa shape index (κ1) is 12.1. The maximum Gasteiger partial charge on any atom is 0.338 e. The second kappa shape index (κ2) is 5.29. The molecule has 88 valence electrons. The first-order chi connectivity index (χ1) is 8.16. The molecule has 6 heteroatoms. The van der Waals surface area contributed by atoms with Crippen molar-refractivity contribution in [3.05, 3.63) is 40.0 Å². The lowest BCUT2D eigenvalue weighted by molar-refractivity contribution is 0.0692. The van der Waals surface area contributed by atoms with E-state index in [-0.39, 0.29) is 5.56 Å². The summed E-state index contributed by atoms with van der Waals surface area (Å²) in [7, 11) is 0. The number of nitrogens with zero attached hydrogens (tertiary/aromatic N) is 2. The number of rotatable bonds is 4. The smallest absolute Gasteiger partial charge is 0.338 e. The van der Waals surface area contributed by atoms with E-state index in [0.29, 0.717) is 10.8 Å². The molecule has 0 radical (unpaired) electrons. The number of thioether (sulfide) groups is 1. The average Bonchev–Trinajstić information content (AvgIpc) is 2.73. The zero-order chi connectivity index (χ0) is 12.3. The largest absolute Gasteiger partial charge is 0.478 e. The lowest BCUT2D eigenvalue weighted by Gasteiger charge is -2.02. The lowest BCUT2D eigenvalue weighted by atomic mass is 10.3. The van der Waals surface area contributed by atoms with Crippen LogP contribution in [-0.2, 0) is 5.75 Å². The van der Waals surface area contributed by atoms with Gasteiger partial charge in [0.15, 0.2) is 0 Å². The predicted molar refractivity (Wildman–Crippen MR) is 67.6 cm³/mol. The summed E-state index contributed by atoms with van der Waals surface area (Å²) in [6.07, 6.45) is 1.60. The second-order valence-corrected chi connectivity index (χ2v) is 5.33. The van der Waals surface area contributed by atoms with E-state index in [1.807, 2.05) is 12.3 Å². The van der Waals surface area contributed by atoms with E-state index in [0.717, 1.165) is 10.7 Å². The highest BCUT2D eigenvalue weighted by Crippen LogP contribution is 2.24. The minimum Gasteiger partial charge on any atom is -0.478 e. The highest BCUT2D eigenvalue weighted by molar-refractivity contribution is 7.98. The van der Waals surface area contributed by atoms with Crippen molar-refractivity contribution in [3.63, 3.8) is 0 Å². The van der Waals surface area contributed by atoms with Crippen LogP contribution in [-0.4, -0.2) is 21.0 Å². The summed E-state index contributed by atoms with van der Waals surface area (Å²) in [6, 6.07) is 3.18. The number of thiazole rings is 1. The summed E-state index contributed by atoms with van der Waals surface area (Å²) >= 11 is 2.98. The molecule has 2 aromatic rings. The van der Waals surface area contributed by atoms with Gasteiger partial charge in [-0.2, -0.15) is 0 Å². The quantitative estimate of drug-likeness (QED) is 0.862. The zero-order valence-electron chi connectivity index (χ0n) is 9.08. The topological polar surface area (TPSA) is 63.1 Å². The number of aromatic carboxylic acids is 1. The molecule has 2 aromatic heterocycles.